The van der Waals surface area contributed by atoms with Gasteiger partial charge in [-0.05, 0) is 42.0 Å². The number of carbonyl (C=O) groups excluding carboxylic acids is 1. The van der Waals surface area contributed by atoms with E-state index in [-0.39, 0.29) is 18.0 Å². The van der Waals surface area contributed by atoms with E-state index < -0.39 is 5.97 Å². The van der Waals surface area contributed by atoms with Gasteiger partial charge in [-0.25, -0.2) is 4.79 Å². The molecule has 116 valence electrons. The first-order valence-electron chi connectivity index (χ1n) is 6.98. The summed E-state index contributed by atoms with van der Waals surface area (Å²) in [5.41, 5.74) is 1.92. The molecule has 1 N–H and O–H groups in total. The second-order valence-electron chi connectivity index (χ2n) is 5.08. The highest BCUT2D eigenvalue weighted by Crippen LogP contribution is 2.31. The molecule has 0 atom stereocenters. The molecule has 2 aromatic rings. The molecule has 5 nitrogen and oxygen atoms in total. The SMILES string of the molecule is COc1ccc2c(c1)C(=O)/C(=C\c1ccc(C(=O)O)cc1)CO2. The van der Waals surface area contributed by atoms with Crippen molar-refractivity contribution < 1.29 is 24.2 Å². The third-order valence-corrected chi connectivity index (χ3v) is 3.60. The van der Waals surface area contributed by atoms with Gasteiger partial charge in [0, 0.05) is 5.57 Å². The topological polar surface area (TPSA) is 72.8 Å². The van der Waals surface area contributed by atoms with Crippen LogP contribution in [0.25, 0.3) is 6.08 Å². The lowest BCUT2D eigenvalue weighted by atomic mass is 9.98. The number of carboxylic acid groups (broad SMARTS) is 1. The van der Waals surface area contributed by atoms with Crippen LogP contribution in [-0.2, 0) is 0 Å². The van der Waals surface area contributed by atoms with Crippen molar-refractivity contribution in [3.63, 3.8) is 0 Å². The Balaban J connectivity index is 1.91. The van der Waals surface area contributed by atoms with E-state index in [2.05, 4.69) is 0 Å². The van der Waals surface area contributed by atoms with Crippen LogP contribution in [0.5, 0.6) is 11.5 Å². The van der Waals surface area contributed by atoms with Gasteiger partial charge < -0.3 is 14.6 Å². The summed E-state index contributed by atoms with van der Waals surface area (Å²) in [6, 6.07) is 11.4. The van der Waals surface area contributed by atoms with E-state index in [0.29, 0.717) is 22.6 Å². The molecule has 0 radical (unpaired) electrons. The molecule has 0 aliphatic carbocycles. The molecule has 0 bridgehead atoms. The number of ketones is 1. The minimum atomic E-state index is -0.984. The Morgan fingerprint density at radius 2 is 1.96 bits per heavy atom. The average Bonchev–Trinajstić information content (AvgIpc) is 2.57. The quantitative estimate of drug-likeness (QED) is 0.882. The highest BCUT2D eigenvalue weighted by Gasteiger charge is 2.23. The standard InChI is InChI=1S/C18H14O5/c1-22-14-6-7-16-15(9-14)17(19)13(10-23-16)8-11-2-4-12(5-3-11)18(20)21/h2-9H,10H2,1H3,(H,20,21)/b13-8-. The zero-order chi connectivity index (χ0) is 16.4. The van der Waals surface area contributed by atoms with E-state index in [1.807, 2.05) is 0 Å². The first-order valence-corrected chi connectivity index (χ1v) is 6.98. The van der Waals surface area contributed by atoms with E-state index in [4.69, 9.17) is 14.6 Å². The first-order chi connectivity index (χ1) is 11.1. The molecule has 23 heavy (non-hydrogen) atoms. The van der Waals surface area contributed by atoms with Crippen molar-refractivity contribution in [3.05, 3.63) is 64.7 Å². The monoisotopic (exact) mass is 310 g/mol. The third-order valence-electron chi connectivity index (χ3n) is 3.60. The third kappa shape index (κ3) is 2.94. The fourth-order valence-electron chi connectivity index (χ4n) is 2.36. The van der Waals surface area contributed by atoms with Gasteiger partial charge in [0.05, 0.1) is 18.2 Å². The Morgan fingerprint density at radius 3 is 2.61 bits per heavy atom. The molecule has 0 saturated carbocycles. The van der Waals surface area contributed by atoms with Crippen LogP contribution in [0.4, 0.5) is 0 Å². The van der Waals surface area contributed by atoms with Gasteiger partial charge in [0.2, 0.25) is 0 Å². The number of rotatable bonds is 3. The molecular formula is C18H14O5. The van der Waals surface area contributed by atoms with Crippen LogP contribution >= 0.6 is 0 Å². The van der Waals surface area contributed by atoms with Crippen molar-refractivity contribution in [1.82, 2.24) is 0 Å². The number of benzene rings is 2. The zero-order valence-electron chi connectivity index (χ0n) is 12.4. The molecule has 0 amide bonds. The average molecular weight is 310 g/mol. The van der Waals surface area contributed by atoms with Crippen molar-refractivity contribution in [2.24, 2.45) is 0 Å². The van der Waals surface area contributed by atoms with Gasteiger partial charge in [-0.3, -0.25) is 4.79 Å². The summed E-state index contributed by atoms with van der Waals surface area (Å²) in [7, 11) is 1.54. The molecule has 0 spiro atoms. The molecule has 0 aromatic heterocycles. The van der Waals surface area contributed by atoms with Crippen molar-refractivity contribution >= 4 is 17.8 Å². The van der Waals surface area contributed by atoms with E-state index in [1.54, 1.807) is 36.4 Å². The lowest BCUT2D eigenvalue weighted by Crippen LogP contribution is -2.19. The molecule has 1 aliphatic heterocycles. The normalized spacial score (nSPS) is 15.0. The van der Waals surface area contributed by atoms with Crippen LogP contribution in [0.3, 0.4) is 0 Å². The predicted molar refractivity (Wildman–Crippen MR) is 84.2 cm³/mol. The largest absolute Gasteiger partial charge is 0.497 e. The summed E-state index contributed by atoms with van der Waals surface area (Å²) in [6.07, 6.45) is 1.70. The zero-order valence-corrected chi connectivity index (χ0v) is 12.4. The van der Waals surface area contributed by atoms with E-state index >= 15 is 0 Å². The number of ether oxygens (including phenoxy) is 2. The Morgan fingerprint density at radius 1 is 1.22 bits per heavy atom. The molecule has 0 fully saturated rings. The van der Waals surface area contributed by atoms with Crippen LogP contribution in [0.2, 0.25) is 0 Å². The summed E-state index contributed by atoms with van der Waals surface area (Å²) in [5.74, 6) is 0.0247. The van der Waals surface area contributed by atoms with Crippen molar-refractivity contribution in [1.29, 1.82) is 0 Å². The summed E-state index contributed by atoms with van der Waals surface area (Å²) >= 11 is 0. The lowest BCUT2D eigenvalue weighted by molar-refractivity contribution is 0.0696. The molecule has 2 aromatic carbocycles. The van der Waals surface area contributed by atoms with E-state index in [1.165, 1.54) is 19.2 Å². The Labute approximate surface area is 132 Å². The summed E-state index contributed by atoms with van der Waals surface area (Å²) in [5, 5.41) is 8.90. The van der Waals surface area contributed by atoms with Gasteiger partial charge in [0.15, 0.2) is 5.78 Å². The van der Waals surface area contributed by atoms with Gasteiger partial charge in [0.25, 0.3) is 0 Å². The molecule has 0 saturated heterocycles. The minimum absolute atomic E-state index is 0.118. The van der Waals surface area contributed by atoms with Crippen molar-refractivity contribution in [3.8, 4) is 11.5 Å². The van der Waals surface area contributed by atoms with Crippen molar-refractivity contribution in [2.75, 3.05) is 13.7 Å². The maximum Gasteiger partial charge on any atom is 0.335 e. The molecule has 0 unspecified atom stereocenters. The maximum atomic E-state index is 12.6. The second-order valence-corrected chi connectivity index (χ2v) is 5.08. The van der Waals surface area contributed by atoms with Crippen LogP contribution in [0.15, 0.2) is 48.0 Å². The Bertz CT molecular complexity index is 803. The minimum Gasteiger partial charge on any atom is -0.497 e. The number of hydrogen-bond acceptors (Lipinski definition) is 4. The van der Waals surface area contributed by atoms with Crippen LogP contribution in [-0.4, -0.2) is 30.6 Å². The summed E-state index contributed by atoms with van der Waals surface area (Å²) < 4.78 is 10.7. The highest BCUT2D eigenvalue weighted by molar-refractivity contribution is 6.14. The number of carbonyl (C=O) groups is 2. The van der Waals surface area contributed by atoms with Gasteiger partial charge in [0.1, 0.15) is 18.1 Å². The summed E-state index contributed by atoms with van der Waals surface area (Å²) in [4.78, 5) is 23.4. The lowest BCUT2D eigenvalue weighted by Gasteiger charge is -2.19. The molecule has 3 rings (SSSR count). The smallest absolute Gasteiger partial charge is 0.335 e. The molecule has 1 heterocycles. The van der Waals surface area contributed by atoms with Crippen LogP contribution in [0, 0.1) is 0 Å². The van der Waals surface area contributed by atoms with Crippen molar-refractivity contribution in [2.45, 2.75) is 0 Å². The number of Topliss-reactive ketones (excluding diaryl/α,β-unsaturated/α-hetero) is 1. The number of hydrogen-bond donors (Lipinski definition) is 1. The highest BCUT2D eigenvalue weighted by atomic mass is 16.5. The van der Waals surface area contributed by atoms with Gasteiger partial charge >= 0.3 is 5.97 Å². The summed E-state index contributed by atoms with van der Waals surface area (Å²) in [6.45, 7) is 0.179. The fraction of sp³-hybridized carbons (Fsp3) is 0.111. The van der Waals surface area contributed by atoms with Gasteiger partial charge in [-0.2, -0.15) is 0 Å². The number of aromatic carboxylic acids is 1. The maximum absolute atomic E-state index is 12.6. The Kier molecular flexibility index (Phi) is 3.85. The second kappa shape index (κ2) is 5.96. The van der Waals surface area contributed by atoms with Crippen LogP contribution < -0.4 is 9.47 Å². The van der Waals surface area contributed by atoms with Crippen LogP contribution in [0.1, 0.15) is 26.3 Å². The number of carboxylic acids is 1. The number of methoxy groups -OCH3 is 1. The first kappa shape index (κ1) is 14.8. The Hall–Kier alpha value is -3.08. The van der Waals surface area contributed by atoms with E-state index in [9.17, 15) is 9.59 Å². The van der Waals surface area contributed by atoms with E-state index in [0.717, 1.165) is 5.56 Å². The molecule has 1 aliphatic rings. The van der Waals surface area contributed by atoms with Gasteiger partial charge in [-0.15, -0.1) is 0 Å². The molecule has 5 heteroatoms. The molecular weight excluding hydrogens is 296 g/mol. The predicted octanol–water partition coefficient (Wildman–Crippen LogP) is 3.05. The fourth-order valence-corrected chi connectivity index (χ4v) is 2.36. The van der Waals surface area contributed by atoms with Gasteiger partial charge in [-0.1, -0.05) is 12.1 Å². The number of fused-ring (bicyclic) bond motifs is 1.